The molecule has 2 rings (SSSR count). The first kappa shape index (κ1) is 19.9. The Balaban J connectivity index is 0.00000264. The molecule has 1 aromatic rings. The lowest BCUT2D eigenvalue weighted by Gasteiger charge is -2.31. The topological polar surface area (TPSA) is 58.8 Å². The fraction of sp³-hybridized carbons (Fsp3) is 0.588. The van der Waals surface area contributed by atoms with Gasteiger partial charge in [-0.05, 0) is 25.5 Å². The summed E-state index contributed by atoms with van der Waals surface area (Å²) in [6.07, 6.45) is 0.973. The average molecular weight is 342 g/mol. The van der Waals surface area contributed by atoms with Gasteiger partial charge in [-0.2, -0.15) is 0 Å². The zero-order valence-electron chi connectivity index (χ0n) is 14.0. The Hall–Kier alpha value is -1.14. The predicted molar refractivity (Wildman–Crippen MR) is 94.7 cm³/mol. The van der Waals surface area contributed by atoms with Gasteiger partial charge >= 0.3 is 0 Å². The van der Waals surface area contributed by atoms with E-state index < -0.39 is 5.54 Å². The van der Waals surface area contributed by atoms with Crippen LogP contribution in [0, 0.1) is 0 Å². The van der Waals surface area contributed by atoms with Crippen molar-refractivity contribution in [2.75, 3.05) is 46.4 Å². The van der Waals surface area contributed by atoms with Crippen molar-refractivity contribution in [3.05, 3.63) is 35.9 Å². The standard InChI is InChI=1S/C17H27N3O2.ClH/c1-17(18,15-7-4-3-5-8-15)16(21)20-10-6-9-19(11-12-20)13-14-22-2;/h3-5,7-8H,6,9-14,18H2,1-2H3;1H. The van der Waals surface area contributed by atoms with Crippen molar-refractivity contribution in [3.63, 3.8) is 0 Å². The summed E-state index contributed by atoms with van der Waals surface area (Å²) in [5, 5.41) is 0. The summed E-state index contributed by atoms with van der Waals surface area (Å²) in [4.78, 5) is 17.1. The summed E-state index contributed by atoms with van der Waals surface area (Å²) < 4.78 is 5.13. The van der Waals surface area contributed by atoms with Crippen LogP contribution in [0.5, 0.6) is 0 Å². The zero-order chi connectivity index (χ0) is 16.0. The smallest absolute Gasteiger partial charge is 0.247 e. The van der Waals surface area contributed by atoms with Crippen LogP contribution in [0.25, 0.3) is 0 Å². The zero-order valence-corrected chi connectivity index (χ0v) is 14.8. The van der Waals surface area contributed by atoms with Crippen molar-refractivity contribution in [1.29, 1.82) is 0 Å². The second kappa shape index (κ2) is 9.23. The molecule has 1 heterocycles. The number of benzene rings is 1. The fourth-order valence-corrected chi connectivity index (χ4v) is 2.85. The summed E-state index contributed by atoms with van der Waals surface area (Å²) in [7, 11) is 1.72. The molecule has 1 aliphatic heterocycles. The van der Waals surface area contributed by atoms with Crippen LogP contribution in [0.4, 0.5) is 0 Å². The van der Waals surface area contributed by atoms with Gasteiger partial charge in [0.05, 0.1) is 6.61 Å². The second-order valence-electron chi connectivity index (χ2n) is 6.05. The summed E-state index contributed by atoms with van der Waals surface area (Å²) in [5.41, 5.74) is 6.25. The van der Waals surface area contributed by atoms with Crippen LogP contribution < -0.4 is 5.73 Å². The molecule has 1 amide bonds. The molecule has 2 N–H and O–H groups in total. The van der Waals surface area contributed by atoms with Crippen molar-refractivity contribution in [3.8, 4) is 0 Å². The highest BCUT2D eigenvalue weighted by atomic mass is 35.5. The Labute approximate surface area is 145 Å². The van der Waals surface area contributed by atoms with E-state index >= 15 is 0 Å². The number of nitrogens with two attached hydrogens (primary N) is 1. The van der Waals surface area contributed by atoms with E-state index in [9.17, 15) is 4.79 Å². The van der Waals surface area contributed by atoms with Gasteiger partial charge in [-0.15, -0.1) is 12.4 Å². The van der Waals surface area contributed by atoms with Gasteiger partial charge in [-0.25, -0.2) is 0 Å². The molecule has 23 heavy (non-hydrogen) atoms. The van der Waals surface area contributed by atoms with Gasteiger partial charge in [0, 0.05) is 33.3 Å². The second-order valence-corrected chi connectivity index (χ2v) is 6.05. The van der Waals surface area contributed by atoms with Crippen molar-refractivity contribution in [2.45, 2.75) is 18.9 Å². The Morgan fingerprint density at radius 2 is 1.91 bits per heavy atom. The van der Waals surface area contributed by atoms with E-state index in [1.807, 2.05) is 35.2 Å². The van der Waals surface area contributed by atoms with Crippen LogP contribution in [-0.2, 0) is 15.1 Å². The molecule has 1 unspecified atom stereocenters. The third-order valence-corrected chi connectivity index (χ3v) is 4.31. The van der Waals surface area contributed by atoms with Crippen LogP contribution in [-0.4, -0.2) is 62.1 Å². The number of hydrogen-bond donors (Lipinski definition) is 1. The largest absolute Gasteiger partial charge is 0.383 e. The first-order valence-corrected chi connectivity index (χ1v) is 7.91. The molecule has 1 aromatic carbocycles. The first-order valence-electron chi connectivity index (χ1n) is 7.91. The number of rotatable bonds is 5. The Morgan fingerprint density at radius 1 is 1.22 bits per heavy atom. The molecule has 5 nitrogen and oxygen atoms in total. The highest BCUT2D eigenvalue weighted by molar-refractivity contribution is 5.87. The summed E-state index contributed by atoms with van der Waals surface area (Å²) in [6, 6.07) is 9.61. The van der Waals surface area contributed by atoms with Crippen molar-refractivity contribution in [2.24, 2.45) is 5.73 Å². The van der Waals surface area contributed by atoms with Crippen molar-refractivity contribution in [1.82, 2.24) is 9.80 Å². The van der Waals surface area contributed by atoms with Gasteiger partial charge in [-0.1, -0.05) is 30.3 Å². The highest BCUT2D eigenvalue weighted by Crippen LogP contribution is 2.21. The third-order valence-electron chi connectivity index (χ3n) is 4.31. The molecule has 130 valence electrons. The minimum Gasteiger partial charge on any atom is -0.383 e. The molecule has 0 spiro atoms. The van der Waals surface area contributed by atoms with Crippen molar-refractivity contribution >= 4 is 18.3 Å². The maximum Gasteiger partial charge on any atom is 0.247 e. The number of carbonyl (C=O) groups is 1. The minimum atomic E-state index is -0.969. The summed E-state index contributed by atoms with van der Waals surface area (Å²) in [5.74, 6) is 0.00675. The molecule has 1 aliphatic rings. The van der Waals surface area contributed by atoms with Crippen LogP contribution in [0.3, 0.4) is 0 Å². The molecule has 6 heteroatoms. The number of amides is 1. The minimum absolute atomic E-state index is 0. The number of carbonyl (C=O) groups excluding carboxylic acids is 1. The van der Waals surface area contributed by atoms with E-state index in [2.05, 4.69) is 4.90 Å². The molecule has 1 atom stereocenters. The van der Waals surface area contributed by atoms with Gasteiger partial charge in [-0.3, -0.25) is 9.69 Å². The maximum atomic E-state index is 12.9. The van der Waals surface area contributed by atoms with Gasteiger partial charge in [0.1, 0.15) is 5.54 Å². The maximum absolute atomic E-state index is 12.9. The van der Waals surface area contributed by atoms with Crippen molar-refractivity contribution < 1.29 is 9.53 Å². The van der Waals surface area contributed by atoms with Gasteiger partial charge < -0.3 is 15.4 Å². The Morgan fingerprint density at radius 3 is 2.57 bits per heavy atom. The number of hydrogen-bond acceptors (Lipinski definition) is 4. The van der Waals surface area contributed by atoms with E-state index in [1.54, 1.807) is 14.0 Å². The number of nitrogens with zero attached hydrogens (tertiary/aromatic N) is 2. The number of ether oxygens (including phenoxy) is 1. The van der Waals surface area contributed by atoms with E-state index in [0.29, 0.717) is 0 Å². The highest BCUT2D eigenvalue weighted by Gasteiger charge is 2.34. The normalized spacial score (nSPS) is 18.7. The monoisotopic (exact) mass is 341 g/mol. The number of halogens is 1. The molecule has 0 aromatic heterocycles. The molecule has 0 aliphatic carbocycles. The van der Waals surface area contributed by atoms with Crippen LogP contribution in [0.15, 0.2) is 30.3 Å². The molecule has 0 saturated carbocycles. The summed E-state index contributed by atoms with van der Waals surface area (Å²) in [6.45, 7) is 6.81. The lowest BCUT2D eigenvalue weighted by molar-refractivity contribution is -0.136. The molecular weight excluding hydrogens is 314 g/mol. The molecule has 1 fully saturated rings. The van der Waals surface area contributed by atoms with Gasteiger partial charge in [0.15, 0.2) is 0 Å². The number of methoxy groups -OCH3 is 1. The third kappa shape index (κ3) is 5.18. The van der Waals surface area contributed by atoms with E-state index in [1.165, 1.54) is 0 Å². The van der Waals surface area contributed by atoms with Crippen LogP contribution >= 0.6 is 12.4 Å². The quantitative estimate of drug-likeness (QED) is 0.881. The van der Waals surface area contributed by atoms with E-state index in [4.69, 9.17) is 10.5 Å². The van der Waals surface area contributed by atoms with Gasteiger partial charge in [0.25, 0.3) is 0 Å². The molecular formula is C17H28ClN3O2. The Kier molecular flexibility index (Phi) is 7.99. The summed E-state index contributed by atoms with van der Waals surface area (Å²) >= 11 is 0. The average Bonchev–Trinajstić information content (AvgIpc) is 2.78. The van der Waals surface area contributed by atoms with Crippen LogP contribution in [0.2, 0.25) is 0 Å². The van der Waals surface area contributed by atoms with E-state index in [-0.39, 0.29) is 18.3 Å². The van der Waals surface area contributed by atoms with Gasteiger partial charge in [0.2, 0.25) is 5.91 Å². The van der Waals surface area contributed by atoms with Crippen LogP contribution in [0.1, 0.15) is 18.9 Å². The molecule has 1 saturated heterocycles. The SMILES string of the molecule is COCCN1CCCN(C(=O)C(C)(N)c2ccccc2)CC1.Cl. The Bertz CT molecular complexity index is 482. The molecule has 0 radical (unpaired) electrons. The molecule has 0 bridgehead atoms. The fourth-order valence-electron chi connectivity index (χ4n) is 2.85. The predicted octanol–water partition coefficient (Wildman–Crippen LogP) is 1.46. The lowest BCUT2D eigenvalue weighted by atomic mass is 9.91. The first-order chi connectivity index (χ1) is 10.6. The lowest BCUT2D eigenvalue weighted by Crippen LogP contribution is -2.51. The van der Waals surface area contributed by atoms with E-state index in [0.717, 1.165) is 51.3 Å².